The standard InChI is InChI=1S/C17H25N3O4/c1-22-8-9-24-16-5-2-14(10-18-16)19-17(21)20(15-3-4-15)11-13-6-7-23-12-13/h2,5,10,13,15H,3-4,6-9,11-12H2,1H3,(H,19,21)/t13-/m1/s1. The molecule has 1 saturated carbocycles. The summed E-state index contributed by atoms with van der Waals surface area (Å²) >= 11 is 0. The van der Waals surface area contributed by atoms with Crippen LogP contribution in [0.5, 0.6) is 5.88 Å². The number of ether oxygens (including phenoxy) is 3. The van der Waals surface area contributed by atoms with Gasteiger partial charge in [0, 0.05) is 38.3 Å². The van der Waals surface area contributed by atoms with E-state index >= 15 is 0 Å². The molecule has 0 radical (unpaired) electrons. The van der Waals surface area contributed by atoms with E-state index < -0.39 is 0 Å². The molecule has 2 amide bonds. The van der Waals surface area contributed by atoms with E-state index in [0.717, 1.165) is 39.0 Å². The van der Waals surface area contributed by atoms with Crippen LogP contribution in [0.2, 0.25) is 0 Å². The zero-order chi connectivity index (χ0) is 16.8. The first-order valence-corrected chi connectivity index (χ1v) is 8.49. The molecule has 0 spiro atoms. The summed E-state index contributed by atoms with van der Waals surface area (Å²) < 4.78 is 15.8. The van der Waals surface area contributed by atoms with E-state index in [1.54, 1.807) is 25.4 Å². The highest BCUT2D eigenvalue weighted by Gasteiger charge is 2.34. The number of rotatable bonds is 8. The lowest BCUT2D eigenvalue weighted by Gasteiger charge is -2.25. The van der Waals surface area contributed by atoms with Crippen LogP contribution in [-0.4, -0.2) is 62.0 Å². The molecule has 132 valence electrons. The van der Waals surface area contributed by atoms with Crippen molar-refractivity contribution in [3.05, 3.63) is 18.3 Å². The fraction of sp³-hybridized carbons (Fsp3) is 0.647. The number of nitrogens with zero attached hydrogens (tertiary/aromatic N) is 2. The van der Waals surface area contributed by atoms with Crippen molar-refractivity contribution < 1.29 is 19.0 Å². The van der Waals surface area contributed by atoms with Crippen LogP contribution >= 0.6 is 0 Å². The summed E-state index contributed by atoms with van der Waals surface area (Å²) in [6.45, 7) is 3.29. The molecular weight excluding hydrogens is 310 g/mol. The Bertz CT molecular complexity index is 527. The highest BCUT2D eigenvalue weighted by Crippen LogP contribution is 2.29. The van der Waals surface area contributed by atoms with Crippen LogP contribution < -0.4 is 10.1 Å². The van der Waals surface area contributed by atoms with Gasteiger partial charge in [0.05, 0.1) is 25.1 Å². The number of amides is 2. The Hall–Kier alpha value is -1.86. The van der Waals surface area contributed by atoms with Crippen molar-refractivity contribution in [2.75, 3.05) is 45.4 Å². The third-order valence-corrected chi connectivity index (χ3v) is 4.25. The van der Waals surface area contributed by atoms with Crippen molar-refractivity contribution in [1.29, 1.82) is 0 Å². The summed E-state index contributed by atoms with van der Waals surface area (Å²) in [4.78, 5) is 18.7. The fourth-order valence-electron chi connectivity index (χ4n) is 2.75. The minimum absolute atomic E-state index is 0.0562. The molecular formula is C17H25N3O4. The molecule has 7 heteroatoms. The maximum absolute atomic E-state index is 12.6. The van der Waals surface area contributed by atoms with E-state index in [1.807, 2.05) is 4.90 Å². The number of pyridine rings is 1. The second-order valence-electron chi connectivity index (χ2n) is 6.27. The highest BCUT2D eigenvalue weighted by molar-refractivity contribution is 5.89. The molecule has 1 saturated heterocycles. The van der Waals surface area contributed by atoms with E-state index in [0.29, 0.717) is 36.7 Å². The van der Waals surface area contributed by atoms with Crippen LogP contribution in [0.3, 0.4) is 0 Å². The summed E-state index contributed by atoms with van der Waals surface area (Å²) in [5.74, 6) is 0.971. The number of hydrogen-bond donors (Lipinski definition) is 1. The number of urea groups is 1. The van der Waals surface area contributed by atoms with Gasteiger partial charge in [-0.05, 0) is 25.3 Å². The smallest absolute Gasteiger partial charge is 0.322 e. The molecule has 24 heavy (non-hydrogen) atoms. The van der Waals surface area contributed by atoms with Crippen LogP contribution in [0, 0.1) is 5.92 Å². The molecule has 3 rings (SSSR count). The number of nitrogens with one attached hydrogen (secondary N) is 1. The first kappa shape index (κ1) is 17.0. The van der Waals surface area contributed by atoms with Gasteiger partial charge < -0.3 is 24.4 Å². The van der Waals surface area contributed by atoms with Crippen molar-refractivity contribution in [2.24, 2.45) is 5.92 Å². The molecule has 0 bridgehead atoms. The maximum atomic E-state index is 12.6. The first-order chi connectivity index (χ1) is 11.8. The van der Waals surface area contributed by atoms with Gasteiger partial charge in [0.15, 0.2) is 0 Å². The van der Waals surface area contributed by atoms with E-state index in [4.69, 9.17) is 14.2 Å². The average Bonchev–Trinajstić information content (AvgIpc) is 3.30. The predicted molar refractivity (Wildman–Crippen MR) is 89.3 cm³/mol. The SMILES string of the molecule is COCCOc1ccc(NC(=O)N(C[C@H]2CCOC2)C2CC2)cn1. The van der Waals surface area contributed by atoms with Crippen LogP contribution in [0.4, 0.5) is 10.5 Å². The van der Waals surface area contributed by atoms with Crippen LogP contribution in [-0.2, 0) is 9.47 Å². The Labute approximate surface area is 142 Å². The van der Waals surface area contributed by atoms with Gasteiger partial charge in [0.2, 0.25) is 5.88 Å². The molecule has 1 N–H and O–H groups in total. The normalized spacial score (nSPS) is 20.0. The number of anilines is 1. The third kappa shape index (κ3) is 4.82. The highest BCUT2D eigenvalue weighted by atomic mass is 16.5. The molecule has 7 nitrogen and oxygen atoms in total. The monoisotopic (exact) mass is 335 g/mol. The van der Waals surface area contributed by atoms with Crippen molar-refractivity contribution in [2.45, 2.75) is 25.3 Å². The van der Waals surface area contributed by atoms with Gasteiger partial charge in [0.25, 0.3) is 0 Å². The Morgan fingerprint density at radius 3 is 2.88 bits per heavy atom. The van der Waals surface area contributed by atoms with Gasteiger partial charge in [-0.25, -0.2) is 9.78 Å². The molecule has 1 aromatic heterocycles. The van der Waals surface area contributed by atoms with Crippen molar-refractivity contribution >= 4 is 11.7 Å². The maximum Gasteiger partial charge on any atom is 0.322 e. The molecule has 1 aliphatic carbocycles. The minimum atomic E-state index is -0.0562. The van der Waals surface area contributed by atoms with Gasteiger partial charge in [-0.3, -0.25) is 0 Å². The lowest BCUT2D eigenvalue weighted by molar-refractivity contribution is 0.144. The first-order valence-electron chi connectivity index (χ1n) is 8.49. The minimum Gasteiger partial charge on any atom is -0.475 e. The zero-order valence-electron chi connectivity index (χ0n) is 14.1. The molecule has 1 aromatic rings. The molecule has 0 aromatic carbocycles. The molecule has 2 aliphatic rings. The molecule has 2 fully saturated rings. The molecule has 0 unspecified atom stereocenters. The molecule has 1 atom stereocenters. The number of carbonyl (C=O) groups excluding carboxylic acids is 1. The number of hydrogen-bond acceptors (Lipinski definition) is 5. The van der Waals surface area contributed by atoms with E-state index in [1.165, 1.54) is 0 Å². The van der Waals surface area contributed by atoms with Crippen molar-refractivity contribution in [3.63, 3.8) is 0 Å². The number of methoxy groups -OCH3 is 1. The Kier molecular flexibility index (Phi) is 5.87. The van der Waals surface area contributed by atoms with Gasteiger partial charge in [-0.2, -0.15) is 0 Å². The van der Waals surface area contributed by atoms with Crippen LogP contribution in [0.1, 0.15) is 19.3 Å². The second-order valence-corrected chi connectivity index (χ2v) is 6.27. The number of aromatic nitrogens is 1. The topological polar surface area (TPSA) is 72.9 Å². The second kappa shape index (κ2) is 8.30. The summed E-state index contributed by atoms with van der Waals surface area (Å²) in [6, 6.07) is 3.86. The van der Waals surface area contributed by atoms with E-state index in [-0.39, 0.29) is 6.03 Å². The fourth-order valence-corrected chi connectivity index (χ4v) is 2.75. The van der Waals surface area contributed by atoms with Crippen molar-refractivity contribution in [1.82, 2.24) is 9.88 Å². The lowest BCUT2D eigenvalue weighted by Crippen LogP contribution is -2.40. The van der Waals surface area contributed by atoms with E-state index in [2.05, 4.69) is 10.3 Å². The quantitative estimate of drug-likeness (QED) is 0.737. The van der Waals surface area contributed by atoms with Gasteiger partial charge in [0.1, 0.15) is 6.61 Å². The van der Waals surface area contributed by atoms with Gasteiger partial charge >= 0.3 is 6.03 Å². The summed E-state index contributed by atoms with van der Waals surface area (Å²) in [5, 5.41) is 2.94. The Morgan fingerprint density at radius 2 is 2.25 bits per heavy atom. The summed E-state index contributed by atoms with van der Waals surface area (Å²) in [5.41, 5.74) is 0.674. The summed E-state index contributed by atoms with van der Waals surface area (Å²) in [6.07, 6.45) is 4.83. The Morgan fingerprint density at radius 1 is 1.38 bits per heavy atom. The average molecular weight is 335 g/mol. The van der Waals surface area contributed by atoms with Crippen LogP contribution in [0.25, 0.3) is 0 Å². The van der Waals surface area contributed by atoms with Gasteiger partial charge in [-0.15, -0.1) is 0 Å². The summed E-state index contributed by atoms with van der Waals surface area (Å²) in [7, 11) is 1.62. The molecule has 2 heterocycles. The number of carbonyl (C=O) groups is 1. The third-order valence-electron chi connectivity index (χ3n) is 4.25. The molecule has 1 aliphatic heterocycles. The predicted octanol–water partition coefficient (Wildman–Crippen LogP) is 2.14. The lowest BCUT2D eigenvalue weighted by atomic mass is 10.1. The zero-order valence-corrected chi connectivity index (χ0v) is 14.1. The van der Waals surface area contributed by atoms with Gasteiger partial charge in [-0.1, -0.05) is 0 Å². The largest absolute Gasteiger partial charge is 0.475 e. The van der Waals surface area contributed by atoms with Crippen molar-refractivity contribution in [3.8, 4) is 5.88 Å². The Balaban J connectivity index is 1.52. The van der Waals surface area contributed by atoms with Crippen LogP contribution in [0.15, 0.2) is 18.3 Å². The van der Waals surface area contributed by atoms with E-state index in [9.17, 15) is 4.79 Å².